The molecule has 18 heteroatoms. The van der Waals surface area contributed by atoms with Gasteiger partial charge in [-0.3, -0.25) is 9.36 Å². The van der Waals surface area contributed by atoms with E-state index in [0.717, 1.165) is 21.6 Å². The molecule has 1 amide bonds. The van der Waals surface area contributed by atoms with E-state index >= 15 is 0 Å². The fraction of sp³-hybridized carbons (Fsp3) is 0.385. The molecule has 302 valence electrons. The number of amides is 1. The number of methoxy groups -OCH3 is 1. The molecule has 3 aromatic carbocycles. The number of carbonyl (C=O) groups excluding carboxylic acids is 1. The van der Waals surface area contributed by atoms with E-state index in [1.807, 2.05) is 60.7 Å². The summed E-state index contributed by atoms with van der Waals surface area (Å²) >= 11 is 0. The average molecular weight is 810 g/mol. The number of ether oxygens (including phenoxy) is 2. The van der Waals surface area contributed by atoms with Crippen LogP contribution in [0.15, 0.2) is 96.2 Å². The predicted octanol–water partition coefficient (Wildman–Crippen LogP) is 4.08. The summed E-state index contributed by atoms with van der Waals surface area (Å²) in [6.45, 7) is -0.0392. The predicted molar refractivity (Wildman–Crippen MR) is 201 cm³/mol. The first kappa shape index (κ1) is 40.2. The number of aromatic nitrogens is 4. The molecule has 0 saturated carbocycles. The molecule has 14 nitrogen and oxygen atoms in total. The van der Waals surface area contributed by atoms with Crippen LogP contribution in [0.1, 0.15) is 53.4 Å². The van der Waals surface area contributed by atoms with Gasteiger partial charge in [0, 0.05) is 32.7 Å². The molecular weight excluding hydrogens is 768 g/mol. The number of halogens is 3. The Bertz CT molecular complexity index is 2220. The highest BCUT2D eigenvalue weighted by Crippen LogP contribution is 2.34. The Labute approximate surface area is 326 Å². The van der Waals surface area contributed by atoms with Crippen molar-refractivity contribution in [1.29, 1.82) is 0 Å². The van der Waals surface area contributed by atoms with Crippen LogP contribution < -0.4 is 10.0 Å². The summed E-state index contributed by atoms with van der Waals surface area (Å²) in [5.74, 6) is -1.72. The Morgan fingerprint density at radius 3 is 2.18 bits per heavy atom. The number of hydrogen-bond donors (Lipinski definition) is 4. The topological polar surface area (TPSA) is 181 Å². The van der Waals surface area contributed by atoms with Crippen molar-refractivity contribution >= 4 is 32.9 Å². The third kappa shape index (κ3) is 8.80. The highest BCUT2D eigenvalue weighted by Gasteiger charge is 2.45. The van der Waals surface area contributed by atoms with E-state index in [9.17, 15) is 36.6 Å². The largest absolute Gasteiger partial charge is 0.471 e. The molecule has 2 aromatic heterocycles. The third-order valence-electron chi connectivity index (χ3n) is 10.4. The molecule has 7 rings (SSSR count). The van der Waals surface area contributed by atoms with E-state index in [-0.39, 0.29) is 54.4 Å². The second kappa shape index (κ2) is 16.9. The van der Waals surface area contributed by atoms with Crippen LogP contribution in [0, 0.1) is 0 Å². The van der Waals surface area contributed by atoms with Crippen LogP contribution in [0.25, 0.3) is 11.2 Å². The number of aliphatic hydroxyl groups excluding tert-OH is 2. The number of rotatable bonds is 13. The van der Waals surface area contributed by atoms with Crippen LogP contribution in [0.4, 0.5) is 19.0 Å². The van der Waals surface area contributed by atoms with E-state index in [0.29, 0.717) is 30.7 Å². The van der Waals surface area contributed by atoms with Gasteiger partial charge in [0.1, 0.15) is 24.1 Å². The lowest BCUT2D eigenvalue weighted by molar-refractivity contribution is -0.186. The Morgan fingerprint density at radius 1 is 0.947 bits per heavy atom. The number of hydrogen-bond acceptors (Lipinski definition) is 11. The Hall–Kier alpha value is -4.98. The Balaban J connectivity index is 1.13. The number of fused-ring (bicyclic) bond motifs is 1. The van der Waals surface area contributed by atoms with Gasteiger partial charge < -0.3 is 29.9 Å². The number of imidazole rings is 1. The van der Waals surface area contributed by atoms with Crippen LogP contribution in [0.2, 0.25) is 0 Å². The Morgan fingerprint density at radius 2 is 1.58 bits per heavy atom. The quantitative estimate of drug-likeness (QED) is 0.135. The van der Waals surface area contributed by atoms with Gasteiger partial charge in [-0.15, -0.1) is 0 Å². The summed E-state index contributed by atoms with van der Waals surface area (Å²) in [5.41, 5.74) is 3.40. The standard InChI is InChI=1S/C39H42F3N7O7S/c1-55-22-30-33(50)34(51)37(56-30)49-23-44-32-35(43-20-29(26-8-4-2-5-9-26)27-10-6-3-7-11-27)46-31(47-36(32)49)21-45-57(53,54)28-14-12-24(13-15-28)25-16-18-48(19-17-25)38(52)39(40,41)42/h2-15,23,25,29-30,33-34,37,45,50-51H,16-22H2,1H3,(H,43,46,47)/t30-,33-,34+,37-/m1/s1. The fourth-order valence-corrected chi connectivity index (χ4v) is 8.35. The minimum atomic E-state index is -4.93. The minimum absolute atomic E-state index is 0.0275. The van der Waals surface area contributed by atoms with Gasteiger partial charge in [-0.1, -0.05) is 72.8 Å². The molecular formula is C39H42F3N7O7S. The first-order valence-electron chi connectivity index (χ1n) is 18.4. The highest BCUT2D eigenvalue weighted by atomic mass is 32.2. The van der Waals surface area contributed by atoms with Crippen molar-refractivity contribution in [2.24, 2.45) is 0 Å². The van der Waals surface area contributed by atoms with Crippen molar-refractivity contribution in [3.05, 3.63) is 114 Å². The van der Waals surface area contributed by atoms with E-state index in [1.165, 1.54) is 30.1 Å². The van der Waals surface area contributed by atoms with Crippen molar-refractivity contribution in [1.82, 2.24) is 29.1 Å². The van der Waals surface area contributed by atoms with Gasteiger partial charge in [-0.05, 0) is 47.6 Å². The fourth-order valence-electron chi connectivity index (χ4n) is 7.37. The molecule has 0 spiro atoms. The number of alkyl halides is 3. The summed E-state index contributed by atoms with van der Waals surface area (Å²) < 4.78 is 80.9. The van der Waals surface area contributed by atoms with Gasteiger partial charge in [-0.25, -0.2) is 28.1 Å². The number of carbonyl (C=O) groups is 1. The molecule has 2 aliphatic rings. The zero-order valence-electron chi connectivity index (χ0n) is 30.8. The van der Waals surface area contributed by atoms with Crippen LogP contribution in [0.5, 0.6) is 0 Å². The van der Waals surface area contributed by atoms with Gasteiger partial charge in [0.05, 0.1) is 24.4 Å². The van der Waals surface area contributed by atoms with E-state index in [4.69, 9.17) is 9.47 Å². The van der Waals surface area contributed by atoms with E-state index in [2.05, 4.69) is 25.0 Å². The van der Waals surface area contributed by atoms with Crippen LogP contribution >= 0.6 is 0 Å². The molecule has 57 heavy (non-hydrogen) atoms. The van der Waals surface area contributed by atoms with E-state index in [1.54, 1.807) is 12.1 Å². The smallest absolute Gasteiger partial charge is 0.387 e. The third-order valence-corrected chi connectivity index (χ3v) is 11.8. The Kier molecular flexibility index (Phi) is 11.9. The maximum atomic E-state index is 13.5. The lowest BCUT2D eigenvalue weighted by Crippen LogP contribution is -2.45. The molecule has 0 aliphatic carbocycles. The lowest BCUT2D eigenvalue weighted by atomic mass is 9.89. The van der Waals surface area contributed by atoms with Crippen molar-refractivity contribution < 1.29 is 46.1 Å². The first-order chi connectivity index (χ1) is 27.3. The normalized spacial score (nSPS) is 20.7. The molecule has 0 radical (unpaired) electrons. The monoisotopic (exact) mass is 809 g/mol. The zero-order valence-corrected chi connectivity index (χ0v) is 31.6. The van der Waals surface area contributed by atoms with Crippen molar-refractivity contribution in [2.75, 3.05) is 38.7 Å². The number of benzene rings is 3. The molecule has 0 unspecified atom stereocenters. The molecule has 2 fully saturated rings. The van der Waals surface area contributed by atoms with Gasteiger partial charge >= 0.3 is 12.1 Å². The van der Waals surface area contributed by atoms with Gasteiger partial charge in [0.2, 0.25) is 10.0 Å². The van der Waals surface area contributed by atoms with E-state index < -0.39 is 46.6 Å². The second-order valence-corrected chi connectivity index (χ2v) is 15.8. The van der Waals surface area contributed by atoms with Crippen LogP contribution in [-0.2, 0) is 30.8 Å². The van der Waals surface area contributed by atoms with Crippen LogP contribution in [-0.4, -0.2) is 107 Å². The average Bonchev–Trinajstić information content (AvgIpc) is 3.77. The number of nitrogens with zero attached hydrogens (tertiary/aromatic N) is 5. The summed E-state index contributed by atoms with van der Waals surface area (Å²) in [5, 5.41) is 25.0. The molecule has 2 aliphatic heterocycles. The zero-order chi connectivity index (χ0) is 40.3. The maximum Gasteiger partial charge on any atom is 0.471 e. The van der Waals surface area contributed by atoms with Crippen molar-refractivity contribution in [3.8, 4) is 0 Å². The highest BCUT2D eigenvalue weighted by molar-refractivity contribution is 7.89. The number of likely N-dealkylation sites (tertiary alicyclic amines) is 1. The minimum Gasteiger partial charge on any atom is -0.387 e. The molecule has 4 atom stereocenters. The van der Waals surface area contributed by atoms with Gasteiger partial charge in [0.25, 0.3) is 0 Å². The van der Waals surface area contributed by atoms with Crippen molar-refractivity contribution in [3.63, 3.8) is 0 Å². The summed E-state index contributed by atoms with van der Waals surface area (Å²) in [6, 6.07) is 25.9. The number of piperidine rings is 1. The number of sulfonamides is 1. The molecule has 4 N–H and O–H groups in total. The number of nitrogens with one attached hydrogen (secondary N) is 2. The van der Waals surface area contributed by atoms with Gasteiger partial charge in [-0.2, -0.15) is 13.2 Å². The molecule has 5 aromatic rings. The number of anilines is 1. The molecule has 4 heterocycles. The summed E-state index contributed by atoms with van der Waals surface area (Å²) in [7, 11) is -2.66. The van der Waals surface area contributed by atoms with Gasteiger partial charge in [0.15, 0.2) is 23.2 Å². The lowest BCUT2D eigenvalue weighted by Gasteiger charge is -2.32. The first-order valence-corrected chi connectivity index (χ1v) is 19.9. The molecule has 2 saturated heterocycles. The summed E-state index contributed by atoms with van der Waals surface area (Å²) in [6.07, 6.45) is -7.41. The maximum absolute atomic E-state index is 13.5. The SMILES string of the molecule is COC[C@H]1O[C@@H](n2cnc3c(NCC(c4ccccc4)c4ccccc4)nc(CNS(=O)(=O)c4ccc(C5CCN(C(=O)C(F)(F)F)CC5)cc4)nc32)[C@@H](O)[C@@H]1O. The second-order valence-electron chi connectivity index (χ2n) is 14.0. The molecule has 0 bridgehead atoms. The van der Waals surface area contributed by atoms with Crippen molar-refractivity contribution in [2.45, 2.75) is 66.8 Å². The van der Waals surface area contributed by atoms with Crippen LogP contribution in [0.3, 0.4) is 0 Å². The summed E-state index contributed by atoms with van der Waals surface area (Å²) in [4.78, 5) is 26.3. The number of aliphatic hydroxyl groups is 2.